The lowest BCUT2D eigenvalue weighted by atomic mass is 9.97. The van der Waals surface area contributed by atoms with Crippen LogP contribution in [-0.4, -0.2) is 34.7 Å². The highest BCUT2D eigenvalue weighted by Gasteiger charge is 2.29. The summed E-state index contributed by atoms with van der Waals surface area (Å²) >= 11 is 0. The number of nitrogens with two attached hydrogens (primary N) is 1. The number of methoxy groups -OCH3 is 2. The number of esters is 1. The van der Waals surface area contributed by atoms with E-state index in [1.165, 1.54) is 7.11 Å². The van der Waals surface area contributed by atoms with Gasteiger partial charge in [0, 0.05) is 11.1 Å². The molecule has 0 radical (unpaired) electrons. The Morgan fingerprint density at radius 2 is 1.91 bits per heavy atom. The number of aromatic nitrogens is 3. The van der Waals surface area contributed by atoms with Crippen molar-refractivity contribution in [1.29, 1.82) is 5.26 Å². The van der Waals surface area contributed by atoms with Crippen LogP contribution in [-0.2, 0) is 4.74 Å². The van der Waals surface area contributed by atoms with Gasteiger partial charge in [0.1, 0.15) is 29.0 Å². The highest BCUT2D eigenvalue weighted by molar-refractivity contribution is 6.14. The number of nitrogen functional groups attached to an aromatic ring is 1. The zero-order valence-corrected chi connectivity index (χ0v) is 20.3. The number of fused-ring (bicyclic) bond motifs is 1. The summed E-state index contributed by atoms with van der Waals surface area (Å²) in [6.45, 7) is 9.43. The van der Waals surface area contributed by atoms with Crippen molar-refractivity contribution in [3.05, 3.63) is 70.6 Å². The molecule has 0 bridgehead atoms. The number of hydrogen-bond acceptors (Lipinski definition) is 7. The Kier molecular flexibility index (Phi) is 6.01. The molecular weight excluding hydrogens is 442 g/mol. The lowest BCUT2D eigenvalue weighted by Gasteiger charge is -2.17. The molecule has 0 unspecified atom stereocenters. The van der Waals surface area contributed by atoms with Crippen LogP contribution in [0.25, 0.3) is 34.1 Å². The molecule has 0 saturated heterocycles. The van der Waals surface area contributed by atoms with Crippen LogP contribution in [0.15, 0.2) is 36.9 Å². The van der Waals surface area contributed by atoms with Gasteiger partial charge in [-0.05, 0) is 38.0 Å². The van der Waals surface area contributed by atoms with Crippen molar-refractivity contribution in [3.8, 4) is 28.8 Å². The average Bonchev–Trinajstić information content (AvgIpc) is 3.14. The van der Waals surface area contributed by atoms with E-state index in [1.807, 2.05) is 32.0 Å². The molecule has 0 spiro atoms. The van der Waals surface area contributed by atoms with Gasteiger partial charge < -0.3 is 15.2 Å². The smallest absolute Gasteiger partial charge is 0.342 e. The van der Waals surface area contributed by atoms with E-state index in [0.717, 1.165) is 16.8 Å². The number of carbonyl (C=O) groups excluding carboxylic acids is 1. The first-order valence-electron chi connectivity index (χ1n) is 10.9. The van der Waals surface area contributed by atoms with Gasteiger partial charge in [0.05, 0.1) is 36.6 Å². The summed E-state index contributed by atoms with van der Waals surface area (Å²) in [5, 5.41) is 10.4. The molecule has 2 aromatic heterocycles. The lowest BCUT2D eigenvalue weighted by Crippen LogP contribution is -2.09. The SMILES string of the molecule is C=Cc1cccc(-c2nc(C)nc3c2c(C(=O)OC)c(N)n3-c2c(C)ccc(OC)c2C)c1C#N. The summed E-state index contributed by atoms with van der Waals surface area (Å²) in [6, 6.07) is 11.4. The summed E-state index contributed by atoms with van der Waals surface area (Å²) in [6.07, 6.45) is 1.61. The van der Waals surface area contributed by atoms with Crippen LogP contribution in [0.5, 0.6) is 5.75 Å². The second kappa shape index (κ2) is 8.95. The molecule has 2 N–H and O–H groups in total. The predicted molar refractivity (Wildman–Crippen MR) is 136 cm³/mol. The van der Waals surface area contributed by atoms with Crippen LogP contribution >= 0.6 is 0 Å². The number of benzene rings is 2. The third-order valence-electron chi connectivity index (χ3n) is 6.06. The number of rotatable bonds is 5. The molecule has 8 nitrogen and oxygen atoms in total. The van der Waals surface area contributed by atoms with Gasteiger partial charge in [0.25, 0.3) is 0 Å². The summed E-state index contributed by atoms with van der Waals surface area (Å²) in [7, 11) is 2.89. The van der Waals surface area contributed by atoms with Gasteiger partial charge in [0.2, 0.25) is 0 Å². The first-order chi connectivity index (χ1) is 16.8. The Morgan fingerprint density at radius 3 is 2.54 bits per heavy atom. The fraction of sp³-hybridized carbons (Fsp3) is 0.185. The van der Waals surface area contributed by atoms with Crippen molar-refractivity contribution in [3.63, 3.8) is 0 Å². The van der Waals surface area contributed by atoms with Gasteiger partial charge in [-0.1, -0.05) is 36.9 Å². The highest BCUT2D eigenvalue weighted by atomic mass is 16.5. The van der Waals surface area contributed by atoms with E-state index in [1.54, 1.807) is 36.8 Å². The summed E-state index contributed by atoms with van der Waals surface area (Å²) in [5.41, 5.74) is 11.7. The number of nitriles is 1. The van der Waals surface area contributed by atoms with E-state index >= 15 is 0 Å². The third-order valence-corrected chi connectivity index (χ3v) is 6.06. The van der Waals surface area contributed by atoms with E-state index in [9.17, 15) is 10.1 Å². The number of carbonyl (C=O) groups is 1. The molecule has 35 heavy (non-hydrogen) atoms. The fourth-order valence-electron chi connectivity index (χ4n) is 4.48. The molecular formula is C27H25N5O3. The molecule has 0 atom stereocenters. The maximum Gasteiger partial charge on any atom is 0.342 e. The van der Waals surface area contributed by atoms with Crippen LogP contribution in [0.1, 0.15) is 38.4 Å². The summed E-state index contributed by atoms with van der Waals surface area (Å²) in [5.74, 6) is 0.652. The van der Waals surface area contributed by atoms with E-state index < -0.39 is 5.97 Å². The number of nitrogens with zero attached hydrogens (tertiary/aromatic N) is 4. The Morgan fingerprint density at radius 1 is 1.17 bits per heavy atom. The number of hydrogen-bond donors (Lipinski definition) is 1. The maximum atomic E-state index is 13.1. The molecule has 0 amide bonds. The van der Waals surface area contributed by atoms with Gasteiger partial charge in [0.15, 0.2) is 5.65 Å². The third kappa shape index (κ3) is 3.58. The molecule has 0 aliphatic carbocycles. The molecule has 4 rings (SSSR count). The second-order valence-electron chi connectivity index (χ2n) is 8.05. The van der Waals surface area contributed by atoms with Crippen LogP contribution in [0.4, 0.5) is 5.82 Å². The Hall–Kier alpha value is -4.64. The van der Waals surface area contributed by atoms with Gasteiger partial charge in [-0.3, -0.25) is 4.57 Å². The van der Waals surface area contributed by atoms with Gasteiger partial charge in [-0.2, -0.15) is 5.26 Å². The zero-order chi connectivity index (χ0) is 25.4. The number of ether oxygens (including phenoxy) is 2. The first-order valence-corrected chi connectivity index (χ1v) is 10.9. The first kappa shape index (κ1) is 23.5. The summed E-state index contributed by atoms with van der Waals surface area (Å²) < 4.78 is 12.4. The van der Waals surface area contributed by atoms with Crippen LogP contribution in [0.3, 0.4) is 0 Å². The zero-order valence-electron chi connectivity index (χ0n) is 20.3. The van der Waals surface area contributed by atoms with Crippen molar-refractivity contribution >= 4 is 28.9 Å². The average molecular weight is 468 g/mol. The molecule has 0 aliphatic rings. The van der Waals surface area contributed by atoms with E-state index in [-0.39, 0.29) is 11.4 Å². The molecule has 0 fully saturated rings. The molecule has 0 aliphatic heterocycles. The molecule has 4 aromatic rings. The minimum atomic E-state index is -0.628. The van der Waals surface area contributed by atoms with Gasteiger partial charge >= 0.3 is 5.97 Å². The van der Waals surface area contributed by atoms with E-state index in [2.05, 4.69) is 17.6 Å². The monoisotopic (exact) mass is 467 g/mol. The lowest BCUT2D eigenvalue weighted by molar-refractivity contribution is 0.0604. The molecule has 8 heteroatoms. The number of aryl methyl sites for hydroxylation is 2. The van der Waals surface area contributed by atoms with E-state index in [4.69, 9.17) is 20.2 Å². The van der Waals surface area contributed by atoms with E-state index in [0.29, 0.717) is 45.0 Å². The molecule has 176 valence electrons. The van der Waals surface area contributed by atoms with Crippen LogP contribution in [0.2, 0.25) is 0 Å². The van der Waals surface area contributed by atoms with Crippen molar-refractivity contribution in [2.75, 3.05) is 20.0 Å². The van der Waals surface area contributed by atoms with Crippen molar-refractivity contribution in [2.24, 2.45) is 0 Å². The van der Waals surface area contributed by atoms with Gasteiger partial charge in [-0.15, -0.1) is 0 Å². The van der Waals surface area contributed by atoms with Crippen molar-refractivity contribution < 1.29 is 14.3 Å². The molecule has 2 aromatic carbocycles. The summed E-state index contributed by atoms with van der Waals surface area (Å²) in [4.78, 5) is 22.4. The standard InChI is InChI=1S/C27H25N5O3/c1-7-17-9-8-10-18(19(17)13-28)23-21-22(27(33)35-6)25(29)32(26(21)31-16(4)30-23)24-14(2)11-12-20(34-5)15(24)3/h7-12H,1,29H2,2-6H3. The Labute approximate surface area is 203 Å². The maximum absolute atomic E-state index is 13.1. The predicted octanol–water partition coefficient (Wildman–Crippen LogP) is 4.90. The van der Waals surface area contributed by atoms with Crippen molar-refractivity contribution in [2.45, 2.75) is 20.8 Å². The van der Waals surface area contributed by atoms with Gasteiger partial charge in [-0.25, -0.2) is 14.8 Å². The molecule has 2 heterocycles. The van der Waals surface area contributed by atoms with Crippen LogP contribution in [0, 0.1) is 32.1 Å². The normalized spacial score (nSPS) is 10.7. The quantitative estimate of drug-likeness (QED) is 0.415. The highest BCUT2D eigenvalue weighted by Crippen LogP contribution is 2.40. The Bertz CT molecular complexity index is 1560. The fourth-order valence-corrected chi connectivity index (χ4v) is 4.48. The second-order valence-corrected chi connectivity index (χ2v) is 8.05. The number of anilines is 1. The molecule has 0 saturated carbocycles. The largest absolute Gasteiger partial charge is 0.496 e. The topological polar surface area (TPSA) is 116 Å². The minimum Gasteiger partial charge on any atom is -0.496 e. The Balaban J connectivity index is 2.25. The van der Waals surface area contributed by atoms with Crippen LogP contribution < -0.4 is 10.5 Å². The van der Waals surface area contributed by atoms with Crippen molar-refractivity contribution in [1.82, 2.24) is 14.5 Å². The minimum absolute atomic E-state index is 0.131.